The minimum atomic E-state index is 1.22. The zero-order chi connectivity index (χ0) is 81.1. The molecule has 5 heteroatoms. The Morgan fingerprint density at radius 3 is 0.558 bits per heavy atom. The molecule has 0 radical (unpaired) electrons. The Bertz CT molecular complexity index is 5710. The van der Waals surface area contributed by atoms with Crippen molar-refractivity contribution in [3.8, 4) is 111 Å². The average Bonchev–Trinajstić information content (AvgIpc) is 0.821. The predicted octanol–water partition coefficient (Wildman–Crippen LogP) is 28.2. The molecule has 0 aliphatic heterocycles. The molecule has 15 aromatic rings. The molecule has 0 saturated carbocycles. The van der Waals surface area contributed by atoms with Crippen molar-refractivity contribution >= 4 is 72.7 Å². The quantitative estimate of drug-likeness (QED) is 0.120. The summed E-state index contributed by atoms with van der Waals surface area (Å²) in [6, 6.07) is 104. The van der Waals surface area contributed by atoms with E-state index in [4.69, 9.17) is 0 Å². The van der Waals surface area contributed by atoms with Crippen LogP contribution in [0.15, 0.2) is 285 Å². The van der Waals surface area contributed by atoms with Crippen molar-refractivity contribution in [1.82, 2.24) is 0 Å². The molecule has 0 nitrogen and oxygen atoms in total. The highest BCUT2D eigenvalue weighted by molar-refractivity contribution is 7.28. The van der Waals surface area contributed by atoms with Gasteiger partial charge in [-0.05, 0) is 363 Å². The first-order valence-corrected chi connectivity index (χ1v) is 42.1. The molecule has 113 heavy (non-hydrogen) atoms. The van der Waals surface area contributed by atoms with Crippen LogP contribution in [0.4, 0.5) is 0 Å². The Morgan fingerprint density at radius 2 is 0.292 bits per heavy atom. The number of rotatable bonds is 10. The van der Waals surface area contributed by atoms with Gasteiger partial charge in [-0.25, -0.2) is 0 Å². The van der Waals surface area contributed by atoms with Crippen molar-refractivity contribution in [1.29, 1.82) is 0 Å². The van der Waals surface area contributed by atoms with E-state index >= 15 is 0 Å². The summed E-state index contributed by atoms with van der Waals surface area (Å²) < 4.78 is 0. The molecule has 0 heterocycles. The number of hydrogen-bond acceptors (Lipinski definition) is 0. The smallest absolute Gasteiger partial charge is 0.0152 e. The highest BCUT2D eigenvalue weighted by Crippen LogP contribution is 2.36. The summed E-state index contributed by atoms with van der Waals surface area (Å²) in [7, 11) is 13.9. The van der Waals surface area contributed by atoms with Gasteiger partial charge in [-0.2, -0.15) is 0 Å². The summed E-state index contributed by atoms with van der Waals surface area (Å²) in [6.07, 6.45) is 0. The summed E-state index contributed by atoms with van der Waals surface area (Å²) >= 11 is 0. The van der Waals surface area contributed by atoms with Gasteiger partial charge in [-0.15, -0.1) is 46.2 Å². The lowest BCUT2D eigenvalue weighted by Gasteiger charge is -2.12. The second-order valence-electron chi connectivity index (χ2n) is 31.1. The van der Waals surface area contributed by atoms with Crippen LogP contribution in [0.25, 0.3) is 111 Å². The van der Waals surface area contributed by atoms with Gasteiger partial charge in [0.25, 0.3) is 0 Å². The Morgan fingerprint density at radius 1 is 0.115 bits per heavy atom. The molecule has 0 aliphatic carbocycles. The highest BCUT2D eigenvalue weighted by Gasteiger charge is 2.13. The van der Waals surface area contributed by atoms with E-state index in [0.29, 0.717) is 0 Å². The summed E-state index contributed by atoms with van der Waals surface area (Å²) in [5.41, 5.74) is 49.7. The fourth-order valence-corrected chi connectivity index (χ4v) is 15.1. The topological polar surface area (TPSA) is 0 Å². The van der Waals surface area contributed by atoms with Crippen LogP contribution in [0, 0.1) is 125 Å². The summed E-state index contributed by atoms with van der Waals surface area (Å²) in [6.45, 7) is 39.1. The van der Waals surface area contributed by atoms with Gasteiger partial charge in [0.2, 0.25) is 0 Å². The van der Waals surface area contributed by atoms with E-state index in [2.05, 4.69) is 456 Å². The molecule has 5 atom stereocenters. The third-order valence-corrected chi connectivity index (χ3v) is 25.5. The molecule has 568 valence electrons. The van der Waals surface area contributed by atoms with Crippen molar-refractivity contribution in [3.63, 3.8) is 0 Å². The van der Waals surface area contributed by atoms with E-state index in [1.165, 1.54) is 238 Å². The molecule has 0 amide bonds. The van der Waals surface area contributed by atoms with Crippen molar-refractivity contribution in [2.45, 2.75) is 125 Å². The maximum absolute atomic E-state index is 2.79. The Kier molecular flexibility index (Phi) is 28.4. The Labute approximate surface area is 688 Å². The molecular weight excluding hydrogens is 1450 g/mol. The van der Waals surface area contributed by atoms with E-state index < -0.39 is 0 Å². The lowest BCUT2D eigenvalue weighted by Crippen LogP contribution is -1.96. The Hall–Kier alpha value is -9.55. The highest BCUT2D eigenvalue weighted by atomic mass is 31.0. The van der Waals surface area contributed by atoms with Crippen LogP contribution in [-0.2, 0) is 0 Å². The monoisotopic (exact) mass is 1560 g/mol. The van der Waals surface area contributed by atoms with Gasteiger partial charge in [-0.3, -0.25) is 0 Å². The first kappa shape index (κ1) is 84.4. The zero-order valence-corrected chi connectivity index (χ0v) is 75.3. The van der Waals surface area contributed by atoms with Crippen LogP contribution < -0.4 is 26.5 Å². The van der Waals surface area contributed by atoms with E-state index in [-0.39, 0.29) is 0 Å². The fraction of sp³-hybridized carbons (Fsp3) is 0.167. The number of benzene rings is 15. The molecule has 15 rings (SSSR count). The van der Waals surface area contributed by atoms with Crippen molar-refractivity contribution < 1.29 is 0 Å². The normalized spacial score (nSPS) is 10.8. The van der Waals surface area contributed by atoms with Crippen molar-refractivity contribution in [2.75, 3.05) is 0 Å². The second-order valence-corrected chi connectivity index (χ2v) is 34.3. The molecule has 0 fully saturated rings. The largest absolute Gasteiger partial charge is 0.106 e. The van der Waals surface area contributed by atoms with Crippen LogP contribution in [0.1, 0.15) is 100 Å². The van der Waals surface area contributed by atoms with Crippen LogP contribution in [0.3, 0.4) is 0 Å². The van der Waals surface area contributed by atoms with Crippen molar-refractivity contribution in [3.05, 3.63) is 385 Å². The minimum absolute atomic E-state index is 1.22. The van der Waals surface area contributed by atoms with E-state index in [9.17, 15) is 0 Å². The molecular formula is C108H111P5. The lowest BCUT2D eigenvalue weighted by atomic mass is 9.93. The summed E-state index contributed by atoms with van der Waals surface area (Å²) in [5, 5.41) is 6.26. The molecule has 0 aromatic heterocycles. The minimum Gasteiger partial charge on any atom is -0.106 e. The second kappa shape index (κ2) is 38.1. The van der Waals surface area contributed by atoms with Crippen LogP contribution in [0.5, 0.6) is 0 Å². The first-order chi connectivity index (χ1) is 53.9. The maximum Gasteiger partial charge on any atom is -0.0152 e. The van der Waals surface area contributed by atoms with Gasteiger partial charge >= 0.3 is 0 Å². The van der Waals surface area contributed by atoms with E-state index in [1.807, 2.05) is 0 Å². The van der Waals surface area contributed by atoms with Gasteiger partial charge < -0.3 is 0 Å². The van der Waals surface area contributed by atoms with E-state index in [1.54, 1.807) is 0 Å². The van der Waals surface area contributed by atoms with Gasteiger partial charge in [0.15, 0.2) is 0 Å². The summed E-state index contributed by atoms with van der Waals surface area (Å²) in [4.78, 5) is 0. The summed E-state index contributed by atoms with van der Waals surface area (Å²) in [5.74, 6) is 0. The Balaban J connectivity index is 0.000000139. The molecule has 0 N–H and O–H groups in total. The SMILES string of the molecule is Cc1cc(C)c(-c2ccc(-c3ccc(P)c(C)c3)cc2)cc1C.Cc1ccc(-c2ccc(-c3ccc(P)c(C)c3)cc2)cc1C.Cc1ccc(-c2ccc(-c3ccc(P)c(C)c3)cc2C)cc1C.Cc1ccc(-c2ccc(-c3ccc(P)c(C)c3)cc2C)cc1C.Cc1ccc(-c2ccc(-c3ccc(P)cc3)cc2C)cc1C. The molecule has 0 saturated heterocycles. The van der Waals surface area contributed by atoms with Gasteiger partial charge in [0.05, 0.1) is 0 Å². The lowest BCUT2D eigenvalue weighted by molar-refractivity contribution is 1.30. The third-order valence-electron chi connectivity index (χ3n) is 22.6. The van der Waals surface area contributed by atoms with Gasteiger partial charge in [0, 0.05) is 0 Å². The van der Waals surface area contributed by atoms with Crippen LogP contribution in [-0.4, -0.2) is 0 Å². The van der Waals surface area contributed by atoms with Gasteiger partial charge in [0.1, 0.15) is 0 Å². The maximum atomic E-state index is 2.79. The molecule has 5 unspecified atom stereocenters. The zero-order valence-electron chi connectivity index (χ0n) is 69.5. The standard InChI is InChI=1S/3C22H23P.2C21H21P/c1-14-11-16(3)21(13-15(14)2)19-7-5-18(6-8-19)20-9-10-22(23)17(4)12-20;2*1-14-5-6-20(11-15(14)2)21-9-7-18(12-16(21)3)19-8-10-22(23)17(4)13-19;1-14-4-5-19(12-15(14)2)21-11-8-18(13-16(21)3)17-6-9-20(22)10-7-17;1-14-4-5-19(12-15(14)2)17-6-8-18(9-7-17)20-10-11-21(22)16(3)13-20/h3*5-13H,23H2,1-4H3;2*4-13H,22H2,1-3H3. The average molecular weight is 1560 g/mol. The molecule has 15 aromatic carbocycles. The molecule has 0 aliphatic rings. The van der Waals surface area contributed by atoms with Crippen molar-refractivity contribution in [2.24, 2.45) is 0 Å². The number of aryl methyl sites for hydroxylation is 18. The van der Waals surface area contributed by atoms with Crippen LogP contribution >= 0.6 is 46.2 Å². The first-order valence-electron chi connectivity index (χ1n) is 39.2. The fourth-order valence-electron chi connectivity index (χ4n) is 14.2. The third kappa shape index (κ3) is 21.5. The molecule has 0 spiro atoms. The molecule has 0 bridgehead atoms. The predicted molar refractivity (Wildman–Crippen MR) is 519 cm³/mol. The van der Waals surface area contributed by atoms with E-state index in [0.717, 1.165) is 0 Å². The van der Waals surface area contributed by atoms with Crippen LogP contribution in [0.2, 0.25) is 0 Å². The number of hydrogen-bond donors (Lipinski definition) is 0. The van der Waals surface area contributed by atoms with Gasteiger partial charge in [-0.1, -0.05) is 285 Å².